The molecule has 0 saturated carbocycles. The number of aryl methyl sites for hydroxylation is 2. The molecule has 0 bridgehead atoms. The molecular weight excluding hydrogens is 424 g/mol. The van der Waals surface area contributed by atoms with Crippen LogP contribution in [0.2, 0.25) is 0 Å². The Morgan fingerprint density at radius 1 is 1.16 bits per heavy atom. The van der Waals surface area contributed by atoms with E-state index in [0.717, 1.165) is 22.3 Å². The summed E-state index contributed by atoms with van der Waals surface area (Å²) in [5, 5.41) is 6.05. The van der Waals surface area contributed by atoms with Gasteiger partial charge in [0.15, 0.2) is 5.13 Å². The molecule has 5 rings (SSSR count). The van der Waals surface area contributed by atoms with Gasteiger partial charge in [-0.2, -0.15) is 0 Å². The minimum atomic E-state index is -0.302. The zero-order valence-electron chi connectivity index (χ0n) is 17.8. The zero-order chi connectivity index (χ0) is 22.1. The van der Waals surface area contributed by atoms with Crippen molar-refractivity contribution < 1.29 is 9.53 Å². The summed E-state index contributed by atoms with van der Waals surface area (Å²) in [4.78, 5) is 33.3. The van der Waals surface area contributed by atoms with E-state index in [4.69, 9.17) is 9.72 Å². The lowest BCUT2D eigenvalue weighted by atomic mass is 10.0. The molecule has 1 N–H and O–H groups in total. The largest absolute Gasteiger partial charge is 0.368 e. The summed E-state index contributed by atoms with van der Waals surface area (Å²) in [6.45, 7) is 5.71. The topological polar surface area (TPSA) is 93.1 Å². The predicted octanol–water partition coefficient (Wildman–Crippen LogP) is 3.93. The maximum atomic E-state index is 13.1. The Balaban J connectivity index is 1.48. The number of anilines is 2. The summed E-state index contributed by atoms with van der Waals surface area (Å²) in [6.07, 6.45) is 1.36. The normalized spacial score (nSPS) is 16.3. The summed E-state index contributed by atoms with van der Waals surface area (Å²) in [5.74, 6) is 0.475. The number of ether oxygens (including phenoxy) is 1. The second-order valence-corrected chi connectivity index (χ2v) is 8.55. The standard InChI is InChI=1S/C23H22N6O2S/c1-14-11-15(2)26-22(25-14)29-8-9-31-20(13-29)19-12-17(16-5-3-4-6-18(16)27-19)21(30)28-23-24-7-10-32-23/h3-7,10-12,20H,8-9,13H2,1-2H3,(H,24,28,30)/t20-/m1/s1. The van der Waals surface area contributed by atoms with E-state index in [2.05, 4.69) is 25.2 Å². The lowest BCUT2D eigenvalue weighted by Crippen LogP contribution is -2.40. The number of hydrogen-bond acceptors (Lipinski definition) is 8. The molecule has 0 spiro atoms. The minimum absolute atomic E-state index is 0.217. The molecule has 4 heterocycles. The number of thiazole rings is 1. The quantitative estimate of drug-likeness (QED) is 0.508. The molecule has 8 nitrogen and oxygen atoms in total. The lowest BCUT2D eigenvalue weighted by Gasteiger charge is -2.33. The number of para-hydroxylation sites is 1. The van der Waals surface area contributed by atoms with Gasteiger partial charge in [0, 0.05) is 34.9 Å². The number of rotatable bonds is 4. The number of amides is 1. The summed E-state index contributed by atoms with van der Waals surface area (Å²) in [7, 11) is 0. The van der Waals surface area contributed by atoms with Crippen LogP contribution >= 0.6 is 11.3 Å². The van der Waals surface area contributed by atoms with Gasteiger partial charge in [0.25, 0.3) is 5.91 Å². The van der Waals surface area contributed by atoms with Gasteiger partial charge >= 0.3 is 0 Å². The number of hydrogen-bond donors (Lipinski definition) is 1. The first-order valence-corrected chi connectivity index (χ1v) is 11.2. The van der Waals surface area contributed by atoms with Gasteiger partial charge < -0.3 is 9.64 Å². The molecule has 1 aliphatic rings. The Bertz CT molecular complexity index is 1260. The number of morpholine rings is 1. The summed E-state index contributed by atoms with van der Waals surface area (Å²) >= 11 is 1.38. The number of nitrogens with zero attached hydrogens (tertiary/aromatic N) is 5. The number of carbonyl (C=O) groups excluding carboxylic acids is 1. The molecule has 1 aromatic carbocycles. The molecular formula is C23H22N6O2S. The number of nitrogens with one attached hydrogen (secondary N) is 1. The van der Waals surface area contributed by atoms with Crippen LogP contribution in [0.5, 0.6) is 0 Å². The van der Waals surface area contributed by atoms with Crippen LogP contribution in [-0.4, -0.2) is 45.5 Å². The zero-order valence-corrected chi connectivity index (χ0v) is 18.6. The van der Waals surface area contributed by atoms with Crippen LogP contribution in [-0.2, 0) is 4.74 Å². The molecule has 4 aromatic rings. The summed E-state index contributed by atoms with van der Waals surface area (Å²) in [5.41, 5.74) is 3.87. The van der Waals surface area contributed by atoms with Crippen LogP contribution in [0.25, 0.3) is 10.9 Å². The fraction of sp³-hybridized carbons (Fsp3) is 0.261. The van der Waals surface area contributed by atoms with E-state index in [1.165, 1.54) is 11.3 Å². The van der Waals surface area contributed by atoms with Crippen molar-refractivity contribution in [2.45, 2.75) is 20.0 Å². The Kier molecular flexibility index (Phi) is 5.50. The smallest absolute Gasteiger partial charge is 0.258 e. The molecule has 1 atom stereocenters. The second-order valence-electron chi connectivity index (χ2n) is 7.66. The van der Waals surface area contributed by atoms with E-state index in [-0.39, 0.29) is 12.0 Å². The maximum absolute atomic E-state index is 13.1. The van der Waals surface area contributed by atoms with Crippen LogP contribution in [0.1, 0.15) is 33.5 Å². The average molecular weight is 447 g/mol. The summed E-state index contributed by atoms with van der Waals surface area (Å²) < 4.78 is 6.06. The number of benzene rings is 1. The van der Waals surface area contributed by atoms with Crippen LogP contribution < -0.4 is 10.2 Å². The Hall–Kier alpha value is -3.43. The van der Waals surface area contributed by atoms with E-state index < -0.39 is 0 Å². The van der Waals surface area contributed by atoms with Crippen molar-refractivity contribution in [2.24, 2.45) is 0 Å². The summed E-state index contributed by atoms with van der Waals surface area (Å²) in [6, 6.07) is 11.4. The van der Waals surface area contributed by atoms with Gasteiger partial charge in [0.05, 0.1) is 29.9 Å². The van der Waals surface area contributed by atoms with Gasteiger partial charge in [-0.25, -0.2) is 19.9 Å². The fourth-order valence-electron chi connectivity index (χ4n) is 3.86. The van der Waals surface area contributed by atoms with Crippen molar-refractivity contribution in [1.29, 1.82) is 0 Å². The minimum Gasteiger partial charge on any atom is -0.368 e. The Labute approximate surface area is 189 Å². The van der Waals surface area contributed by atoms with Crippen molar-refractivity contribution >= 4 is 39.2 Å². The predicted molar refractivity (Wildman–Crippen MR) is 124 cm³/mol. The SMILES string of the molecule is Cc1cc(C)nc(N2CCO[C@@H](c3cc(C(=O)Nc4nccs4)c4ccccc4n3)C2)n1. The molecule has 0 radical (unpaired) electrons. The van der Waals surface area contributed by atoms with Crippen molar-refractivity contribution in [3.8, 4) is 0 Å². The number of fused-ring (bicyclic) bond motifs is 1. The third-order valence-corrected chi connectivity index (χ3v) is 5.97. The third kappa shape index (κ3) is 4.17. The molecule has 9 heteroatoms. The van der Waals surface area contributed by atoms with Gasteiger partial charge in [0.2, 0.25) is 5.95 Å². The third-order valence-electron chi connectivity index (χ3n) is 5.28. The van der Waals surface area contributed by atoms with E-state index in [9.17, 15) is 4.79 Å². The van der Waals surface area contributed by atoms with Crippen molar-refractivity contribution in [3.63, 3.8) is 0 Å². The lowest BCUT2D eigenvalue weighted by molar-refractivity contribution is 0.0366. The molecule has 1 saturated heterocycles. The van der Waals surface area contributed by atoms with Crippen LogP contribution in [0, 0.1) is 13.8 Å². The van der Waals surface area contributed by atoms with E-state index in [1.807, 2.05) is 55.6 Å². The Morgan fingerprint density at radius 2 is 1.97 bits per heavy atom. The van der Waals surface area contributed by atoms with Gasteiger partial charge in [-0.3, -0.25) is 10.1 Å². The van der Waals surface area contributed by atoms with Crippen LogP contribution in [0.3, 0.4) is 0 Å². The first kappa shape index (κ1) is 20.5. The molecule has 1 fully saturated rings. The first-order chi connectivity index (χ1) is 15.6. The second kappa shape index (κ2) is 8.60. The van der Waals surface area contributed by atoms with Gasteiger partial charge in [-0.05, 0) is 32.0 Å². The van der Waals surface area contributed by atoms with Crippen molar-refractivity contribution in [1.82, 2.24) is 19.9 Å². The highest BCUT2D eigenvalue weighted by atomic mass is 32.1. The molecule has 1 aliphatic heterocycles. The van der Waals surface area contributed by atoms with E-state index in [1.54, 1.807) is 6.20 Å². The van der Waals surface area contributed by atoms with Gasteiger partial charge in [0.1, 0.15) is 6.10 Å². The molecule has 162 valence electrons. The Morgan fingerprint density at radius 3 is 2.75 bits per heavy atom. The molecule has 32 heavy (non-hydrogen) atoms. The fourth-order valence-corrected chi connectivity index (χ4v) is 4.38. The van der Waals surface area contributed by atoms with Gasteiger partial charge in [-0.15, -0.1) is 11.3 Å². The molecule has 0 aliphatic carbocycles. The highest BCUT2D eigenvalue weighted by Gasteiger charge is 2.27. The number of pyridine rings is 1. The van der Waals surface area contributed by atoms with E-state index >= 15 is 0 Å². The first-order valence-electron chi connectivity index (χ1n) is 10.4. The van der Waals surface area contributed by atoms with Crippen molar-refractivity contribution in [3.05, 3.63) is 70.6 Å². The molecule has 3 aromatic heterocycles. The molecule has 1 amide bonds. The van der Waals surface area contributed by atoms with Crippen molar-refractivity contribution in [2.75, 3.05) is 29.9 Å². The van der Waals surface area contributed by atoms with E-state index in [0.29, 0.717) is 42.0 Å². The number of carbonyl (C=O) groups is 1. The van der Waals surface area contributed by atoms with Gasteiger partial charge in [-0.1, -0.05) is 18.2 Å². The van der Waals surface area contributed by atoms with Crippen LogP contribution in [0.4, 0.5) is 11.1 Å². The highest BCUT2D eigenvalue weighted by Crippen LogP contribution is 2.28. The van der Waals surface area contributed by atoms with Crippen LogP contribution in [0.15, 0.2) is 48.0 Å². The maximum Gasteiger partial charge on any atom is 0.258 e. The highest BCUT2D eigenvalue weighted by molar-refractivity contribution is 7.13. The number of aromatic nitrogens is 4. The monoisotopic (exact) mass is 446 g/mol. The average Bonchev–Trinajstić information content (AvgIpc) is 3.31. The molecule has 0 unspecified atom stereocenters.